The summed E-state index contributed by atoms with van der Waals surface area (Å²) in [5.41, 5.74) is 1.14. The predicted molar refractivity (Wildman–Crippen MR) is 78.9 cm³/mol. The van der Waals surface area contributed by atoms with E-state index in [2.05, 4.69) is 43.3 Å². The SMILES string of the molecule is Cn1nnc(Br)c1C1(O)CCN(Cc2ccccc2)C1. The maximum absolute atomic E-state index is 10.9. The van der Waals surface area contributed by atoms with E-state index in [1.54, 1.807) is 4.68 Å². The van der Waals surface area contributed by atoms with Crippen LogP contribution in [-0.2, 0) is 19.2 Å². The molecule has 5 nitrogen and oxygen atoms in total. The Balaban J connectivity index is 1.76. The van der Waals surface area contributed by atoms with Crippen LogP contribution in [0.15, 0.2) is 34.9 Å². The maximum atomic E-state index is 10.9. The van der Waals surface area contributed by atoms with Crippen molar-refractivity contribution in [3.8, 4) is 0 Å². The van der Waals surface area contributed by atoms with E-state index in [1.807, 2.05) is 25.2 Å². The molecule has 2 heterocycles. The van der Waals surface area contributed by atoms with Crippen LogP contribution in [0.1, 0.15) is 17.7 Å². The summed E-state index contributed by atoms with van der Waals surface area (Å²) in [5.74, 6) is 0. The normalized spacial score (nSPS) is 23.4. The minimum absolute atomic E-state index is 0.599. The summed E-state index contributed by atoms with van der Waals surface area (Å²) in [4.78, 5) is 2.26. The molecule has 1 aromatic carbocycles. The van der Waals surface area contributed by atoms with E-state index < -0.39 is 5.60 Å². The van der Waals surface area contributed by atoms with E-state index >= 15 is 0 Å². The molecule has 1 aliphatic rings. The Labute approximate surface area is 126 Å². The topological polar surface area (TPSA) is 54.2 Å². The first-order chi connectivity index (χ1) is 9.58. The van der Waals surface area contributed by atoms with Gasteiger partial charge in [-0.1, -0.05) is 35.5 Å². The third kappa shape index (κ3) is 2.51. The number of hydrogen-bond acceptors (Lipinski definition) is 4. The number of rotatable bonds is 3. The molecule has 20 heavy (non-hydrogen) atoms. The third-order valence-electron chi connectivity index (χ3n) is 3.80. The molecule has 1 atom stereocenters. The highest BCUT2D eigenvalue weighted by molar-refractivity contribution is 9.10. The Morgan fingerprint density at radius 1 is 1.35 bits per heavy atom. The second-order valence-electron chi connectivity index (χ2n) is 5.33. The molecule has 2 aromatic rings. The van der Waals surface area contributed by atoms with Crippen molar-refractivity contribution in [2.45, 2.75) is 18.6 Å². The van der Waals surface area contributed by atoms with Gasteiger partial charge in [-0.05, 0) is 27.9 Å². The lowest BCUT2D eigenvalue weighted by atomic mass is 9.99. The molecule has 1 aromatic heterocycles. The highest BCUT2D eigenvalue weighted by Gasteiger charge is 2.41. The average molecular weight is 337 g/mol. The summed E-state index contributed by atoms with van der Waals surface area (Å²) in [6.07, 6.45) is 0.694. The van der Waals surface area contributed by atoms with Gasteiger partial charge < -0.3 is 5.11 Å². The van der Waals surface area contributed by atoms with Crippen molar-refractivity contribution < 1.29 is 5.11 Å². The van der Waals surface area contributed by atoms with Crippen molar-refractivity contribution in [3.63, 3.8) is 0 Å². The van der Waals surface area contributed by atoms with Gasteiger partial charge in [0.2, 0.25) is 0 Å². The van der Waals surface area contributed by atoms with Gasteiger partial charge in [0, 0.05) is 26.7 Å². The molecule has 1 saturated heterocycles. The average Bonchev–Trinajstić information content (AvgIpc) is 2.95. The highest BCUT2D eigenvalue weighted by atomic mass is 79.9. The molecular weight excluding hydrogens is 320 g/mol. The van der Waals surface area contributed by atoms with E-state index in [0.29, 0.717) is 17.6 Å². The zero-order chi connectivity index (χ0) is 14.2. The highest BCUT2D eigenvalue weighted by Crippen LogP contribution is 2.35. The molecule has 1 unspecified atom stereocenters. The van der Waals surface area contributed by atoms with Gasteiger partial charge in [-0.3, -0.25) is 4.90 Å². The quantitative estimate of drug-likeness (QED) is 0.926. The number of aliphatic hydroxyl groups is 1. The van der Waals surface area contributed by atoms with Gasteiger partial charge in [0.05, 0.1) is 0 Å². The van der Waals surface area contributed by atoms with Gasteiger partial charge in [-0.25, -0.2) is 4.68 Å². The Morgan fingerprint density at radius 3 is 2.75 bits per heavy atom. The van der Waals surface area contributed by atoms with Crippen molar-refractivity contribution in [1.82, 2.24) is 19.9 Å². The van der Waals surface area contributed by atoms with Gasteiger partial charge in [0.15, 0.2) is 4.60 Å². The number of halogens is 1. The largest absolute Gasteiger partial charge is 0.382 e. The zero-order valence-corrected chi connectivity index (χ0v) is 12.9. The summed E-state index contributed by atoms with van der Waals surface area (Å²) in [7, 11) is 1.81. The molecule has 0 bridgehead atoms. The minimum Gasteiger partial charge on any atom is -0.382 e. The van der Waals surface area contributed by atoms with Crippen molar-refractivity contribution in [1.29, 1.82) is 0 Å². The van der Waals surface area contributed by atoms with Crippen LogP contribution in [0.4, 0.5) is 0 Å². The second-order valence-corrected chi connectivity index (χ2v) is 6.08. The number of nitrogens with zero attached hydrogens (tertiary/aromatic N) is 4. The van der Waals surface area contributed by atoms with Crippen molar-refractivity contribution >= 4 is 15.9 Å². The fourth-order valence-corrected chi connectivity index (χ4v) is 3.56. The van der Waals surface area contributed by atoms with Gasteiger partial charge in [0.1, 0.15) is 11.3 Å². The summed E-state index contributed by atoms with van der Waals surface area (Å²) >= 11 is 3.38. The summed E-state index contributed by atoms with van der Waals surface area (Å²) in [5, 5.41) is 18.8. The molecule has 106 valence electrons. The van der Waals surface area contributed by atoms with Crippen LogP contribution in [0.25, 0.3) is 0 Å². The third-order valence-corrected chi connectivity index (χ3v) is 4.34. The number of benzene rings is 1. The summed E-state index contributed by atoms with van der Waals surface area (Å²) < 4.78 is 2.28. The fourth-order valence-electron chi connectivity index (χ4n) is 2.87. The lowest BCUT2D eigenvalue weighted by Gasteiger charge is -2.23. The maximum Gasteiger partial charge on any atom is 0.154 e. The van der Waals surface area contributed by atoms with Crippen molar-refractivity contribution in [3.05, 3.63) is 46.2 Å². The first-order valence-corrected chi connectivity index (χ1v) is 7.42. The van der Waals surface area contributed by atoms with Crippen LogP contribution >= 0.6 is 15.9 Å². The van der Waals surface area contributed by atoms with E-state index in [0.717, 1.165) is 18.8 Å². The molecule has 1 fully saturated rings. The molecule has 0 radical (unpaired) electrons. The molecule has 0 saturated carbocycles. The molecule has 6 heteroatoms. The van der Waals surface area contributed by atoms with E-state index in [9.17, 15) is 5.11 Å². The Bertz CT molecular complexity index is 581. The molecule has 0 spiro atoms. The van der Waals surface area contributed by atoms with E-state index in [1.165, 1.54) is 5.56 Å². The van der Waals surface area contributed by atoms with Crippen molar-refractivity contribution in [2.75, 3.05) is 13.1 Å². The molecule has 1 N–H and O–H groups in total. The van der Waals surface area contributed by atoms with Gasteiger partial charge in [-0.2, -0.15) is 0 Å². The molecule has 0 amide bonds. The smallest absolute Gasteiger partial charge is 0.154 e. The monoisotopic (exact) mass is 336 g/mol. The van der Waals surface area contributed by atoms with Crippen LogP contribution in [0.5, 0.6) is 0 Å². The van der Waals surface area contributed by atoms with Gasteiger partial charge >= 0.3 is 0 Å². The van der Waals surface area contributed by atoms with E-state index in [-0.39, 0.29) is 0 Å². The molecule has 0 aliphatic carbocycles. The Morgan fingerprint density at radius 2 is 2.10 bits per heavy atom. The molecular formula is C14H17BrN4O. The second kappa shape index (κ2) is 5.27. The lowest BCUT2D eigenvalue weighted by Crippen LogP contribution is -2.33. The molecule has 3 rings (SSSR count). The first kappa shape index (κ1) is 13.7. The lowest BCUT2D eigenvalue weighted by molar-refractivity contribution is 0.0364. The Kier molecular flexibility index (Phi) is 3.62. The first-order valence-electron chi connectivity index (χ1n) is 6.63. The van der Waals surface area contributed by atoms with Gasteiger partial charge in [0.25, 0.3) is 0 Å². The van der Waals surface area contributed by atoms with Crippen LogP contribution in [0.2, 0.25) is 0 Å². The summed E-state index contributed by atoms with van der Waals surface area (Å²) in [6, 6.07) is 10.3. The van der Waals surface area contributed by atoms with Crippen LogP contribution in [0.3, 0.4) is 0 Å². The fraction of sp³-hybridized carbons (Fsp3) is 0.429. The Hall–Kier alpha value is -1.24. The van der Waals surface area contributed by atoms with E-state index in [4.69, 9.17) is 0 Å². The summed E-state index contributed by atoms with van der Waals surface area (Å²) in [6.45, 7) is 2.32. The van der Waals surface area contributed by atoms with Crippen molar-refractivity contribution in [2.24, 2.45) is 7.05 Å². The number of hydrogen-bond donors (Lipinski definition) is 1. The predicted octanol–water partition coefficient (Wildman–Crippen LogP) is 1.67. The van der Waals surface area contributed by atoms with Crippen LogP contribution in [-0.4, -0.2) is 38.1 Å². The van der Waals surface area contributed by atoms with Crippen LogP contribution in [0, 0.1) is 0 Å². The minimum atomic E-state index is -0.883. The molecule has 1 aliphatic heterocycles. The zero-order valence-electron chi connectivity index (χ0n) is 11.3. The number of aryl methyl sites for hydroxylation is 1. The number of β-amino-alcohol motifs (C(OH)–C–C–N with tert-alkyl or cyclic N) is 1. The standard InChI is InChI=1S/C14H17BrN4O/c1-18-12(13(15)16-17-18)14(20)7-8-19(10-14)9-11-5-3-2-4-6-11/h2-6,20H,7-10H2,1H3. The number of aromatic nitrogens is 3. The van der Waals surface area contributed by atoms with Gasteiger partial charge in [-0.15, -0.1) is 5.10 Å². The van der Waals surface area contributed by atoms with Crippen LogP contribution < -0.4 is 0 Å². The number of likely N-dealkylation sites (tertiary alicyclic amines) is 1.